The molecule has 0 radical (unpaired) electrons. The lowest BCUT2D eigenvalue weighted by Gasteiger charge is -2.39. The van der Waals surface area contributed by atoms with Gasteiger partial charge >= 0.3 is 0 Å². The zero-order valence-corrected chi connectivity index (χ0v) is 11.0. The molecule has 2 heterocycles. The fourth-order valence-electron chi connectivity index (χ4n) is 2.90. The Bertz CT molecular complexity index is 355. The number of hydrogen-bond acceptors (Lipinski definition) is 4. The predicted molar refractivity (Wildman–Crippen MR) is 72.0 cm³/mol. The van der Waals surface area contributed by atoms with E-state index >= 15 is 0 Å². The molecule has 0 bridgehead atoms. The molecule has 1 aliphatic heterocycles. The van der Waals surface area contributed by atoms with Gasteiger partial charge < -0.3 is 10.8 Å². The highest BCUT2D eigenvalue weighted by atomic mass is 16.3. The number of aromatic nitrogens is 1. The van der Waals surface area contributed by atoms with Crippen molar-refractivity contribution in [2.75, 3.05) is 19.7 Å². The maximum Gasteiger partial charge on any atom is 0.0511 e. The number of hydrogen-bond donors (Lipinski definition) is 2. The SMILES string of the molecule is CC(N)C(c1cccnc1)N1CCCC(CO)C1. The van der Waals surface area contributed by atoms with Crippen molar-refractivity contribution in [3.63, 3.8) is 0 Å². The lowest BCUT2D eigenvalue weighted by atomic mass is 9.93. The zero-order valence-electron chi connectivity index (χ0n) is 11.0. The van der Waals surface area contributed by atoms with Crippen LogP contribution in [0.15, 0.2) is 24.5 Å². The van der Waals surface area contributed by atoms with Crippen molar-refractivity contribution in [1.82, 2.24) is 9.88 Å². The first-order valence-electron chi connectivity index (χ1n) is 6.72. The van der Waals surface area contributed by atoms with Crippen LogP contribution in [-0.4, -0.2) is 40.7 Å². The van der Waals surface area contributed by atoms with Gasteiger partial charge in [0.15, 0.2) is 0 Å². The van der Waals surface area contributed by atoms with Crippen LogP contribution in [-0.2, 0) is 0 Å². The highest BCUT2D eigenvalue weighted by Crippen LogP contribution is 2.28. The summed E-state index contributed by atoms with van der Waals surface area (Å²) in [4.78, 5) is 6.59. The van der Waals surface area contributed by atoms with Crippen LogP contribution in [0.1, 0.15) is 31.4 Å². The van der Waals surface area contributed by atoms with Crippen LogP contribution in [0.2, 0.25) is 0 Å². The molecule has 1 fully saturated rings. The van der Waals surface area contributed by atoms with Crippen molar-refractivity contribution in [3.05, 3.63) is 30.1 Å². The highest BCUT2D eigenvalue weighted by molar-refractivity contribution is 5.16. The summed E-state index contributed by atoms with van der Waals surface area (Å²) < 4.78 is 0. The Hall–Kier alpha value is -0.970. The van der Waals surface area contributed by atoms with Gasteiger partial charge in [0.1, 0.15) is 0 Å². The van der Waals surface area contributed by atoms with Gasteiger partial charge in [0, 0.05) is 31.6 Å². The first-order valence-corrected chi connectivity index (χ1v) is 6.72. The molecule has 3 atom stereocenters. The predicted octanol–water partition coefficient (Wildman–Crippen LogP) is 1.17. The molecule has 1 aliphatic rings. The smallest absolute Gasteiger partial charge is 0.0511 e. The first kappa shape index (κ1) is 13.5. The van der Waals surface area contributed by atoms with E-state index in [-0.39, 0.29) is 18.7 Å². The van der Waals surface area contributed by atoms with Crippen LogP contribution >= 0.6 is 0 Å². The van der Waals surface area contributed by atoms with E-state index in [4.69, 9.17) is 5.73 Å². The lowest BCUT2D eigenvalue weighted by Crippen LogP contribution is -2.45. The first-order chi connectivity index (χ1) is 8.72. The molecule has 4 heteroatoms. The van der Waals surface area contributed by atoms with Gasteiger partial charge in [-0.3, -0.25) is 9.88 Å². The van der Waals surface area contributed by atoms with E-state index in [0.29, 0.717) is 5.92 Å². The number of nitrogens with two attached hydrogens (primary N) is 1. The minimum atomic E-state index is 0.0617. The van der Waals surface area contributed by atoms with Gasteiger partial charge in [0.05, 0.1) is 6.04 Å². The maximum absolute atomic E-state index is 9.33. The number of aliphatic hydroxyl groups is 1. The Morgan fingerprint density at radius 1 is 1.61 bits per heavy atom. The van der Waals surface area contributed by atoms with Crippen molar-refractivity contribution in [2.24, 2.45) is 11.7 Å². The molecule has 3 N–H and O–H groups in total. The molecule has 2 rings (SSSR count). The summed E-state index contributed by atoms with van der Waals surface area (Å²) in [6.45, 7) is 4.30. The van der Waals surface area contributed by atoms with Crippen molar-refractivity contribution < 1.29 is 5.11 Å². The molecule has 0 aliphatic carbocycles. The van der Waals surface area contributed by atoms with Gasteiger partial charge in [0.25, 0.3) is 0 Å². The molecule has 1 aromatic heterocycles. The van der Waals surface area contributed by atoms with E-state index in [1.807, 2.05) is 19.2 Å². The molecule has 18 heavy (non-hydrogen) atoms. The number of aliphatic hydroxyl groups excluding tert-OH is 1. The molecule has 0 amide bonds. The maximum atomic E-state index is 9.33. The lowest BCUT2D eigenvalue weighted by molar-refractivity contribution is 0.0792. The van der Waals surface area contributed by atoms with Gasteiger partial charge in [-0.2, -0.15) is 0 Å². The van der Waals surface area contributed by atoms with E-state index in [1.54, 1.807) is 6.20 Å². The van der Waals surface area contributed by atoms with Crippen molar-refractivity contribution in [1.29, 1.82) is 0 Å². The van der Waals surface area contributed by atoms with Gasteiger partial charge in [-0.25, -0.2) is 0 Å². The molecule has 0 saturated carbocycles. The topological polar surface area (TPSA) is 62.4 Å². The van der Waals surface area contributed by atoms with Crippen LogP contribution < -0.4 is 5.73 Å². The molecule has 100 valence electrons. The van der Waals surface area contributed by atoms with E-state index in [0.717, 1.165) is 25.9 Å². The van der Waals surface area contributed by atoms with Crippen molar-refractivity contribution in [2.45, 2.75) is 31.8 Å². The van der Waals surface area contributed by atoms with Crippen LogP contribution in [0.4, 0.5) is 0 Å². The number of rotatable bonds is 4. The summed E-state index contributed by atoms with van der Waals surface area (Å²) in [6.07, 6.45) is 5.94. The second-order valence-corrected chi connectivity index (χ2v) is 5.28. The Kier molecular flexibility index (Phi) is 4.69. The van der Waals surface area contributed by atoms with Crippen molar-refractivity contribution in [3.8, 4) is 0 Å². The molecule has 0 spiro atoms. The monoisotopic (exact) mass is 249 g/mol. The quantitative estimate of drug-likeness (QED) is 0.841. The standard InChI is InChI=1S/C14H23N3O/c1-11(15)14(13-5-2-6-16-8-13)17-7-3-4-12(9-17)10-18/h2,5-6,8,11-12,14,18H,3-4,7,9-10,15H2,1H3. The summed E-state index contributed by atoms with van der Waals surface area (Å²) in [5, 5.41) is 9.33. The van der Waals surface area contributed by atoms with E-state index in [1.165, 1.54) is 5.56 Å². The summed E-state index contributed by atoms with van der Waals surface area (Å²) in [5.74, 6) is 0.386. The molecule has 4 nitrogen and oxygen atoms in total. The highest BCUT2D eigenvalue weighted by Gasteiger charge is 2.28. The average molecular weight is 249 g/mol. The van der Waals surface area contributed by atoms with E-state index in [9.17, 15) is 5.11 Å². The van der Waals surface area contributed by atoms with Crippen LogP contribution in [0.25, 0.3) is 0 Å². The average Bonchev–Trinajstić information content (AvgIpc) is 2.40. The molecular formula is C14H23N3O. The Labute approximate surface area is 109 Å². The summed E-state index contributed by atoms with van der Waals surface area (Å²) in [5.41, 5.74) is 7.33. The normalized spacial score (nSPS) is 24.7. The van der Waals surface area contributed by atoms with E-state index < -0.39 is 0 Å². The van der Waals surface area contributed by atoms with Gasteiger partial charge in [-0.05, 0) is 43.9 Å². The van der Waals surface area contributed by atoms with Gasteiger partial charge in [0.2, 0.25) is 0 Å². The number of likely N-dealkylation sites (tertiary alicyclic amines) is 1. The second kappa shape index (κ2) is 6.27. The number of nitrogens with zero attached hydrogens (tertiary/aromatic N) is 2. The number of pyridine rings is 1. The fourth-order valence-corrected chi connectivity index (χ4v) is 2.90. The van der Waals surface area contributed by atoms with Crippen molar-refractivity contribution >= 4 is 0 Å². The van der Waals surface area contributed by atoms with Crippen LogP contribution in [0.5, 0.6) is 0 Å². The van der Waals surface area contributed by atoms with Crippen LogP contribution in [0, 0.1) is 5.92 Å². The van der Waals surface area contributed by atoms with Crippen LogP contribution in [0.3, 0.4) is 0 Å². The molecular weight excluding hydrogens is 226 g/mol. The zero-order chi connectivity index (χ0) is 13.0. The van der Waals surface area contributed by atoms with Gasteiger partial charge in [-0.15, -0.1) is 0 Å². The molecule has 0 aromatic carbocycles. The molecule has 1 aromatic rings. The Morgan fingerprint density at radius 3 is 3.06 bits per heavy atom. The Morgan fingerprint density at radius 2 is 2.44 bits per heavy atom. The summed E-state index contributed by atoms with van der Waals surface area (Å²) in [7, 11) is 0. The minimum absolute atomic E-state index is 0.0617. The minimum Gasteiger partial charge on any atom is -0.396 e. The Balaban J connectivity index is 2.15. The fraction of sp³-hybridized carbons (Fsp3) is 0.643. The van der Waals surface area contributed by atoms with E-state index in [2.05, 4.69) is 16.0 Å². The third kappa shape index (κ3) is 3.07. The molecule has 1 saturated heterocycles. The largest absolute Gasteiger partial charge is 0.396 e. The second-order valence-electron chi connectivity index (χ2n) is 5.28. The number of piperidine rings is 1. The summed E-state index contributed by atoms with van der Waals surface area (Å²) in [6, 6.07) is 4.31. The third-order valence-corrected chi connectivity index (χ3v) is 3.73. The van der Waals surface area contributed by atoms with Gasteiger partial charge in [-0.1, -0.05) is 6.07 Å². The molecule has 3 unspecified atom stereocenters. The third-order valence-electron chi connectivity index (χ3n) is 3.73. The summed E-state index contributed by atoms with van der Waals surface area (Å²) >= 11 is 0.